The Morgan fingerprint density at radius 1 is 0.794 bits per heavy atom. The maximum Gasteiger partial charge on any atom is 0.177 e. The molecule has 0 unspecified atom stereocenters. The third-order valence-corrected chi connectivity index (χ3v) is 5.38. The molecule has 0 N–H and O–H groups in total. The normalized spacial score (nSPS) is 11.0. The van der Waals surface area contributed by atoms with Gasteiger partial charge in [0, 0.05) is 18.2 Å². The third kappa shape index (κ3) is 5.58. The van der Waals surface area contributed by atoms with Crippen LogP contribution in [-0.4, -0.2) is 39.0 Å². The molecular formula is C26H29N5O3. The number of ether oxygens (including phenoxy) is 3. The molecule has 0 amide bonds. The van der Waals surface area contributed by atoms with Crippen LogP contribution in [0.15, 0.2) is 48.5 Å². The summed E-state index contributed by atoms with van der Waals surface area (Å²) in [5.74, 6) is 4.40. The maximum absolute atomic E-state index is 5.90. The van der Waals surface area contributed by atoms with Crippen LogP contribution in [0.1, 0.15) is 39.9 Å². The predicted octanol–water partition coefficient (Wildman–Crippen LogP) is 4.31. The Hall–Kier alpha value is -3.78. The molecule has 0 bridgehead atoms. The second kappa shape index (κ2) is 10.4. The van der Waals surface area contributed by atoms with Crippen LogP contribution in [0.2, 0.25) is 0 Å². The molecule has 34 heavy (non-hydrogen) atoms. The summed E-state index contributed by atoms with van der Waals surface area (Å²) in [6, 6.07) is 15.9. The Balaban J connectivity index is 1.58. The van der Waals surface area contributed by atoms with E-state index in [1.54, 1.807) is 18.9 Å². The smallest absolute Gasteiger partial charge is 0.177 e. The van der Waals surface area contributed by atoms with Gasteiger partial charge in [0.1, 0.15) is 29.8 Å². The molecule has 0 atom stereocenters. The molecule has 0 aliphatic heterocycles. The first-order chi connectivity index (χ1) is 16.4. The second-order valence-electron chi connectivity index (χ2n) is 8.09. The van der Waals surface area contributed by atoms with E-state index in [0.29, 0.717) is 30.5 Å². The first-order valence-corrected chi connectivity index (χ1v) is 11.1. The number of benzene rings is 2. The lowest BCUT2D eigenvalue weighted by atomic mass is 10.1. The number of hydrogen-bond donors (Lipinski definition) is 0. The van der Waals surface area contributed by atoms with E-state index < -0.39 is 0 Å². The van der Waals surface area contributed by atoms with Crippen molar-refractivity contribution in [2.75, 3.05) is 14.2 Å². The van der Waals surface area contributed by atoms with Crippen LogP contribution in [0.5, 0.6) is 11.5 Å². The molecule has 2 aromatic carbocycles. The van der Waals surface area contributed by atoms with Crippen LogP contribution in [0, 0.1) is 20.8 Å². The average molecular weight is 460 g/mol. The summed E-state index contributed by atoms with van der Waals surface area (Å²) in [5.41, 5.74) is 4.08. The first-order valence-electron chi connectivity index (χ1n) is 11.1. The molecule has 4 rings (SSSR count). The van der Waals surface area contributed by atoms with Crippen LogP contribution >= 0.6 is 0 Å². The van der Waals surface area contributed by atoms with Crippen molar-refractivity contribution in [3.63, 3.8) is 0 Å². The molecule has 0 saturated heterocycles. The fourth-order valence-corrected chi connectivity index (χ4v) is 3.70. The molecular weight excluding hydrogens is 430 g/mol. The fourth-order valence-electron chi connectivity index (χ4n) is 3.70. The van der Waals surface area contributed by atoms with Gasteiger partial charge < -0.3 is 14.2 Å². The Bertz CT molecular complexity index is 1250. The van der Waals surface area contributed by atoms with Crippen LogP contribution in [-0.2, 0) is 24.4 Å². The zero-order valence-corrected chi connectivity index (χ0v) is 20.2. The molecule has 4 aromatic rings. The SMILES string of the molecule is COc1ccc(COCc2nc(Cc3ccc(C)c(OC)c3)n(-c3cc(C)nc(C)n3)n2)cc1. The Kier molecular flexibility index (Phi) is 7.18. The van der Waals surface area contributed by atoms with E-state index in [4.69, 9.17) is 24.3 Å². The van der Waals surface area contributed by atoms with Crippen LogP contribution in [0.25, 0.3) is 5.82 Å². The van der Waals surface area contributed by atoms with Crippen molar-refractivity contribution in [1.82, 2.24) is 24.7 Å². The minimum Gasteiger partial charge on any atom is -0.497 e. The molecule has 8 heteroatoms. The number of rotatable bonds is 9. The number of aryl methyl sites for hydroxylation is 3. The van der Waals surface area contributed by atoms with E-state index in [-0.39, 0.29) is 6.61 Å². The fraction of sp³-hybridized carbons (Fsp3) is 0.308. The highest BCUT2D eigenvalue weighted by atomic mass is 16.5. The quantitative estimate of drug-likeness (QED) is 0.369. The summed E-state index contributed by atoms with van der Waals surface area (Å²) in [6.45, 7) is 6.58. The van der Waals surface area contributed by atoms with Crippen molar-refractivity contribution in [2.24, 2.45) is 0 Å². The average Bonchev–Trinajstić information content (AvgIpc) is 3.22. The van der Waals surface area contributed by atoms with Crippen LogP contribution in [0.4, 0.5) is 0 Å². The molecule has 0 aliphatic carbocycles. The van der Waals surface area contributed by atoms with Gasteiger partial charge in [-0.15, -0.1) is 5.10 Å². The van der Waals surface area contributed by atoms with Gasteiger partial charge in [-0.3, -0.25) is 0 Å². The number of aromatic nitrogens is 5. The maximum atomic E-state index is 5.90. The van der Waals surface area contributed by atoms with Gasteiger partial charge in [0.2, 0.25) is 0 Å². The van der Waals surface area contributed by atoms with Gasteiger partial charge in [-0.1, -0.05) is 24.3 Å². The highest BCUT2D eigenvalue weighted by molar-refractivity contribution is 5.38. The van der Waals surface area contributed by atoms with E-state index in [2.05, 4.69) is 16.0 Å². The van der Waals surface area contributed by atoms with Gasteiger partial charge in [0.05, 0.1) is 20.8 Å². The van der Waals surface area contributed by atoms with E-state index in [1.807, 2.05) is 63.2 Å². The van der Waals surface area contributed by atoms with E-state index >= 15 is 0 Å². The predicted molar refractivity (Wildman–Crippen MR) is 128 cm³/mol. The second-order valence-corrected chi connectivity index (χ2v) is 8.09. The summed E-state index contributed by atoms with van der Waals surface area (Å²) < 4.78 is 18.4. The molecule has 176 valence electrons. The highest BCUT2D eigenvalue weighted by Crippen LogP contribution is 2.22. The summed E-state index contributed by atoms with van der Waals surface area (Å²) in [7, 11) is 3.33. The summed E-state index contributed by atoms with van der Waals surface area (Å²) in [4.78, 5) is 13.8. The van der Waals surface area contributed by atoms with Gasteiger partial charge in [-0.25, -0.2) is 15.0 Å². The van der Waals surface area contributed by atoms with Crippen LogP contribution < -0.4 is 9.47 Å². The molecule has 0 radical (unpaired) electrons. The Morgan fingerprint density at radius 3 is 2.26 bits per heavy atom. The molecule has 2 heterocycles. The third-order valence-electron chi connectivity index (χ3n) is 5.38. The summed E-state index contributed by atoms with van der Waals surface area (Å²) in [5, 5.41) is 4.72. The minimum absolute atomic E-state index is 0.284. The summed E-state index contributed by atoms with van der Waals surface area (Å²) in [6.07, 6.45) is 0.574. The lowest BCUT2D eigenvalue weighted by Gasteiger charge is -2.09. The topological polar surface area (TPSA) is 84.2 Å². The summed E-state index contributed by atoms with van der Waals surface area (Å²) >= 11 is 0. The molecule has 0 saturated carbocycles. The first kappa shape index (κ1) is 23.4. The van der Waals surface area contributed by atoms with Crippen molar-refractivity contribution in [1.29, 1.82) is 0 Å². The molecule has 0 spiro atoms. The Labute approximate surface area is 199 Å². The standard InChI is InChI=1S/C26H29N5O3/c1-17-6-7-21(13-23(17)33-5)14-26-29-24(16-34-15-20-8-10-22(32-4)11-9-20)30-31(26)25-12-18(2)27-19(3)28-25/h6-13H,14-16H2,1-5H3. The van der Waals surface area contributed by atoms with Crippen molar-refractivity contribution in [2.45, 2.75) is 40.4 Å². The van der Waals surface area contributed by atoms with Gasteiger partial charge >= 0.3 is 0 Å². The van der Waals surface area contributed by atoms with Crippen LogP contribution in [0.3, 0.4) is 0 Å². The lowest BCUT2D eigenvalue weighted by molar-refractivity contribution is 0.102. The van der Waals surface area contributed by atoms with E-state index in [1.165, 1.54) is 0 Å². The minimum atomic E-state index is 0.284. The zero-order valence-electron chi connectivity index (χ0n) is 20.2. The Morgan fingerprint density at radius 2 is 1.56 bits per heavy atom. The van der Waals surface area contributed by atoms with Crippen molar-refractivity contribution in [3.05, 3.63) is 88.4 Å². The number of methoxy groups -OCH3 is 2. The lowest BCUT2D eigenvalue weighted by Crippen LogP contribution is -2.08. The largest absolute Gasteiger partial charge is 0.497 e. The zero-order chi connectivity index (χ0) is 24.1. The van der Waals surface area contributed by atoms with E-state index in [0.717, 1.165) is 39.7 Å². The molecule has 0 fully saturated rings. The molecule has 0 aliphatic rings. The number of nitrogens with zero attached hydrogens (tertiary/aromatic N) is 5. The van der Waals surface area contributed by atoms with Gasteiger partial charge in [0.15, 0.2) is 11.6 Å². The van der Waals surface area contributed by atoms with Crippen molar-refractivity contribution >= 4 is 0 Å². The van der Waals surface area contributed by atoms with Gasteiger partial charge in [-0.2, -0.15) is 4.68 Å². The monoisotopic (exact) mass is 459 g/mol. The highest BCUT2D eigenvalue weighted by Gasteiger charge is 2.15. The number of hydrogen-bond acceptors (Lipinski definition) is 7. The van der Waals surface area contributed by atoms with Crippen molar-refractivity contribution in [3.8, 4) is 17.3 Å². The van der Waals surface area contributed by atoms with Gasteiger partial charge in [-0.05, 0) is 55.7 Å². The van der Waals surface area contributed by atoms with E-state index in [9.17, 15) is 0 Å². The molecule has 8 nitrogen and oxygen atoms in total. The molecule has 2 aromatic heterocycles. The van der Waals surface area contributed by atoms with Crippen molar-refractivity contribution < 1.29 is 14.2 Å². The van der Waals surface area contributed by atoms with Gasteiger partial charge in [0.25, 0.3) is 0 Å².